The summed E-state index contributed by atoms with van der Waals surface area (Å²) in [6, 6.07) is 81.7. The Morgan fingerprint density at radius 3 is 0.931 bits per heavy atom. The molecule has 0 fully saturated rings. The number of rotatable bonds is 8. The minimum absolute atomic E-state index is 0.183. The van der Waals surface area contributed by atoms with Crippen LogP contribution in [-0.2, 0) is 5.41 Å². The summed E-state index contributed by atoms with van der Waals surface area (Å²) in [7, 11) is 0. The molecule has 0 atom stereocenters. The summed E-state index contributed by atoms with van der Waals surface area (Å²) < 4.78 is 0. The highest BCUT2D eigenvalue weighted by Crippen LogP contribution is 2.51. The summed E-state index contributed by atoms with van der Waals surface area (Å²) in [5.41, 5.74) is 20.8. The summed E-state index contributed by atoms with van der Waals surface area (Å²) >= 11 is 0. The second-order valence-electron chi connectivity index (χ2n) is 15.8. The lowest BCUT2D eigenvalue weighted by Gasteiger charge is -2.28. The zero-order valence-corrected chi connectivity index (χ0v) is 32.8. The van der Waals surface area contributed by atoms with Crippen LogP contribution in [0.25, 0.3) is 66.8 Å². The molecular formula is C57H43N. The maximum absolute atomic E-state index is 2.42. The molecule has 0 aliphatic heterocycles. The molecule has 0 saturated carbocycles. The van der Waals surface area contributed by atoms with E-state index in [1.165, 1.54) is 77.9 Å². The monoisotopic (exact) mass is 741 g/mol. The first-order valence-corrected chi connectivity index (χ1v) is 20.2. The molecule has 1 heteroatoms. The summed E-state index contributed by atoms with van der Waals surface area (Å²) in [5.74, 6) is 0. The third-order valence-corrected chi connectivity index (χ3v) is 11.9. The van der Waals surface area contributed by atoms with Crippen molar-refractivity contribution in [2.75, 3.05) is 4.90 Å². The van der Waals surface area contributed by atoms with Crippen LogP contribution in [0.3, 0.4) is 0 Å². The van der Waals surface area contributed by atoms with Crippen LogP contribution >= 0.6 is 0 Å². The number of benzene rings is 9. The van der Waals surface area contributed by atoms with E-state index >= 15 is 0 Å². The Bertz CT molecular complexity index is 2750. The third kappa shape index (κ3) is 6.51. The Labute approximate surface area is 342 Å². The van der Waals surface area contributed by atoms with Gasteiger partial charge in [0.1, 0.15) is 0 Å². The van der Waals surface area contributed by atoms with Crippen molar-refractivity contribution in [3.05, 3.63) is 236 Å². The molecule has 9 aromatic rings. The molecule has 0 radical (unpaired) electrons. The molecule has 1 aliphatic rings. The largest absolute Gasteiger partial charge is 0.310 e. The smallest absolute Gasteiger partial charge is 0.0465 e. The van der Waals surface area contributed by atoms with Crippen molar-refractivity contribution >= 4 is 17.1 Å². The van der Waals surface area contributed by atoms with Gasteiger partial charge in [-0.15, -0.1) is 0 Å². The van der Waals surface area contributed by atoms with Crippen LogP contribution in [0.4, 0.5) is 17.1 Å². The Morgan fingerprint density at radius 1 is 0.259 bits per heavy atom. The fourth-order valence-corrected chi connectivity index (χ4v) is 8.70. The highest BCUT2D eigenvalue weighted by molar-refractivity contribution is 5.88. The van der Waals surface area contributed by atoms with Gasteiger partial charge < -0.3 is 4.90 Å². The second-order valence-corrected chi connectivity index (χ2v) is 15.8. The molecule has 9 aromatic carbocycles. The molecular weight excluding hydrogens is 699 g/mol. The predicted molar refractivity (Wildman–Crippen MR) is 246 cm³/mol. The number of hydrogen-bond donors (Lipinski definition) is 0. The zero-order chi connectivity index (χ0) is 39.1. The summed E-state index contributed by atoms with van der Waals surface area (Å²) in [4.78, 5) is 2.39. The molecule has 276 valence electrons. The number of nitrogens with zero attached hydrogens (tertiary/aromatic N) is 1. The fraction of sp³-hybridized carbons (Fsp3) is 0.0526. The number of hydrogen-bond acceptors (Lipinski definition) is 1. The fourth-order valence-electron chi connectivity index (χ4n) is 8.70. The summed E-state index contributed by atoms with van der Waals surface area (Å²) in [6.07, 6.45) is 0. The van der Waals surface area contributed by atoms with Crippen molar-refractivity contribution in [2.45, 2.75) is 19.3 Å². The van der Waals surface area contributed by atoms with Gasteiger partial charge in [0, 0.05) is 22.5 Å². The molecule has 1 nitrogen and oxygen atoms in total. The van der Waals surface area contributed by atoms with Gasteiger partial charge >= 0.3 is 0 Å². The SMILES string of the molecule is CC1(C)c2cc(-c3ccc(-c4ccc(-c5ccccc5)cc4)cc3)ccc2-c2ccc(N(c3ccc(-c4ccccc4)cc3)c3ccc(-c4ccccc4)cc3)cc21. The summed E-state index contributed by atoms with van der Waals surface area (Å²) in [5, 5.41) is 0. The lowest BCUT2D eigenvalue weighted by atomic mass is 9.81. The number of anilines is 3. The van der Waals surface area contributed by atoms with Gasteiger partial charge in [-0.05, 0) is 120 Å². The van der Waals surface area contributed by atoms with Crippen LogP contribution in [0.15, 0.2) is 224 Å². The average Bonchev–Trinajstić information content (AvgIpc) is 3.52. The molecule has 58 heavy (non-hydrogen) atoms. The van der Waals surface area contributed by atoms with Crippen molar-refractivity contribution in [1.29, 1.82) is 0 Å². The van der Waals surface area contributed by atoms with Gasteiger partial charge in [0.25, 0.3) is 0 Å². The first-order chi connectivity index (χ1) is 28.5. The Balaban J connectivity index is 0.968. The quantitative estimate of drug-likeness (QED) is 0.150. The van der Waals surface area contributed by atoms with Gasteiger partial charge in [-0.2, -0.15) is 0 Å². The maximum Gasteiger partial charge on any atom is 0.0465 e. The third-order valence-electron chi connectivity index (χ3n) is 11.9. The van der Waals surface area contributed by atoms with Gasteiger partial charge in [-0.1, -0.05) is 196 Å². The van der Waals surface area contributed by atoms with Gasteiger partial charge in [-0.25, -0.2) is 0 Å². The molecule has 0 unspecified atom stereocenters. The van der Waals surface area contributed by atoms with Crippen LogP contribution in [0, 0.1) is 0 Å². The van der Waals surface area contributed by atoms with E-state index in [-0.39, 0.29) is 5.41 Å². The van der Waals surface area contributed by atoms with Gasteiger partial charge in [0.2, 0.25) is 0 Å². The van der Waals surface area contributed by atoms with Crippen molar-refractivity contribution in [2.24, 2.45) is 0 Å². The van der Waals surface area contributed by atoms with E-state index in [4.69, 9.17) is 0 Å². The average molecular weight is 742 g/mol. The van der Waals surface area contributed by atoms with E-state index in [2.05, 4.69) is 243 Å². The van der Waals surface area contributed by atoms with Crippen LogP contribution in [0.2, 0.25) is 0 Å². The standard InChI is InChI=1S/C57H43N/c1-57(2)55-38-49(48-24-22-45(23-25-48)44-20-18-43(19-21-44)40-12-6-3-7-13-40)30-36-53(55)54-37-35-52(39-56(54)57)58(50-31-26-46(27-32-50)41-14-8-4-9-15-41)51-33-28-47(29-34-51)42-16-10-5-11-17-42/h3-39H,1-2H3. The zero-order valence-electron chi connectivity index (χ0n) is 32.8. The van der Waals surface area contributed by atoms with Crippen LogP contribution in [0.5, 0.6) is 0 Å². The van der Waals surface area contributed by atoms with Crippen molar-refractivity contribution in [3.8, 4) is 66.8 Å². The van der Waals surface area contributed by atoms with E-state index < -0.39 is 0 Å². The van der Waals surface area contributed by atoms with Crippen LogP contribution < -0.4 is 4.90 Å². The Kier molecular flexibility index (Phi) is 8.92. The normalized spacial score (nSPS) is 12.4. The van der Waals surface area contributed by atoms with Gasteiger partial charge in [0.05, 0.1) is 0 Å². The molecule has 0 saturated heterocycles. The van der Waals surface area contributed by atoms with E-state index in [9.17, 15) is 0 Å². The topological polar surface area (TPSA) is 3.24 Å². The number of fused-ring (bicyclic) bond motifs is 3. The highest BCUT2D eigenvalue weighted by atomic mass is 15.1. The van der Waals surface area contributed by atoms with E-state index in [1.807, 2.05) is 0 Å². The maximum atomic E-state index is 2.42. The minimum Gasteiger partial charge on any atom is -0.310 e. The first-order valence-electron chi connectivity index (χ1n) is 20.2. The summed E-state index contributed by atoms with van der Waals surface area (Å²) in [6.45, 7) is 4.75. The van der Waals surface area contributed by atoms with E-state index in [1.54, 1.807) is 0 Å². The minimum atomic E-state index is -0.183. The first kappa shape index (κ1) is 35.2. The lowest BCUT2D eigenvalue weighted by Crippen LogP contribution is -2.16. The molecule has 1 aliphatic carbocycles. The van der Waals surface area contributed by atoms with Gasteiger partial charge in [0.15, 0.2) is 0 Å². The molecule has 0 spiro atoms. The lowest BCUT2D eigenvalue weighted by molar-refractivity contribution is 0.660. The van der Waals surface area contributed by atoms with Crippen molar-refractivity contribution < 1.29 is 0 Å². The van der Waals surface area contributed by atoms with E-state index in [0.29, 0.717) is 0 Å². The van der Waals surface area contributed by atoms with Crippen LogP contribution in [-0.4, -0.2) is 0 Å². The second kappa shape index (κ2) is 14.7. The molecule has 10 rings (SSSR count). The highest BCUT2D eigenvalue weighted by Gasteiger charge is 2.36. The predicted octanol–water partition coefficient (Wildman–Crippen LogP) is 15.8. The Morgan fingerprint density at radius 2 is 0.534 bits per heavy atom. The molecule has 0 bridgehead atoms. The molecule has 0 aromatic heterocycles. The van der Waals surface area contributed by atoms with Crippen molar-refractivity contribution in [3.63, 3.8) is 0 Å². The van der Waals surface area contributed by atoms with Gasteiger partial charge in [-0.3, -0.25) is 0 Å². The van der Waals surface area contributed by atoms with Crippen molar-refractivity contribution in [1.82, 2.24) is 0 Å². The molecule has 0 amide bonds. The van der Waals surface area contributed by atoms with Crippen LogP contribution in [0.1, 0.15) is 25.0 Å². The Hall–Kier alpha value is -7.22. The van der Waals surface area contributed by atoms with E-state index in [0.717, 1.165) is 17.1 Å². The molecule has 0 N–H and O–H groups in total. The molecule has 0 heterocycles.